The van der Waals surface area contributed by atoms with Crippen LogP contribution in [0, 0.1) is 0 Å². The third kappa shape index (κ3) is 2.80. The first-order valence-electron chi connectivity index (χ1n) is 7.67. The fourth-order valence-corrected chi connectivity index (χ4v) is 3.45. The van der Waals surface area contributed by atoms with Gasteiger partial charge in [0.25, 0.3) is 5.91 Å². The number of amides is 1. The number of fused-ring (bicyclic) bond motifs is 1. The molecule has 3 nitrogen and oxygen atoms in total. The molecule has 4 rings (SSSR count). The number of aliphatic imine (C=N–C) groups is 1. The van der Waals surface area contributed by atoms with Gasteiger partial charge in [0, 0.05) is 10.9 Å². The van der Waals surface area contributed by atoms with E-state index in [1.54, 1.807) is 24.3 Å². The first-order valence-corrected chi connectivity index (χ1v) is 8.61. The van der Waals surface area contributed by atoms with Gasteiger partial charge in [0.1, 0.15) is 5.71 Å². The Labute approximate surface area is 151 Å². The Kier molecular flexibility index (Phi) is 3.88. The second kappa shape index (κ2) is 6.10. The average Bonchev–Trinajstić information content (AvgIpc) is 3.22. The van der Waals surface area contributed by atoms with Gasteiger partial charge in [0.2, 0.25) is 0 Å². The molecule has 0 saturated carbocycles. The normalized spacial score (nSPS) is 15.6. The molecule has 0 N–H and O–H groups in total. The highest BCUT2D eigenvalue weighted by Crippen LogP contribution is 2.38. The summed E-state index contributed by atoms with van der Waals surface area (Å²) in [6, 6.07) is 13.6. The van der Waals surface area contributed by atoms with Gasteiger partial charge in [-0.2, -0.15) is 24.5 Å². The van der Waals surface area contributed by atoms with Crippen LogP contribution in [0.25, 0.3) is 0 Å². The van der Waals surface area contributed by atoms with Gasteiger partial charge >= 0.3 is 6.18 Å². The number of para-hydroxylation sites is 1. The summed E-state index contributed by atoms with van der Waals surface area (Å²) in [7, 11) is 0. The quantitative estimate of drug-likeness (QED) is 0.579. The van der Waals surface area contributed by atoms with Gasteiger partial charge in [-0.05, 0) is 35.7 Å². The van der Waals surface area contributed by atoms with Gasteiger partial charge < -0.3 is 0 Å². The predicted octanol–water partition coefficient (Wildman–Crippen LogP) is 5.57. The summed E-state index contributed by atoms with van der Waals surface area (Å²) < 4.78 is 38.8. The Morgan fingerprint density at radius 3 is 2.54 bits per heavy atom. The van der Waals surface area contributed by atoms with Crippen molar-refractivity contribution >= 4 is 40.0 Å². The molecule has 1 aromatic heterocycles. The number of carbonyl (C=O) groups excluding carboxylic acids is 1. The predicted molar refractivity (Wildman–Crippen MR) is 95.5 cm³/mol. The lowest BCUT2D eigenvalue weighted by Gasteiger charge is -2.14. The summed E-state index contributed by atoms with van der Waals surface area (Å²) >= 11 is 1.45. The number of nitrogens with zero attached hydrogens (tertiary/aromatic N) is 2. The minimum absolute atomic E-state index is 0.0881. The number of rotatable bonds is 2. The smallest absolute Gasteiger partial charge is 0.274 e. The maximum atomic E-state index is 12.9. The summed E-state index contributed by atoms with van der Waals surface area (Å²) in [5.74, 6) is -0.359. The highest BCUT2D eigenvalue weighted by Gasteiger charge is 2.35. The van der Waals surface area contributed by atoms with E-state index in [1.807, 2.05) is 16.8 Å². The minimum Gasteiger partial charge on any atom is -0.274 e. The van der Waals surface area contributed by atoms with E-state index in [2.05, 4.69) is 4.99 Å². The number of halogens is 3. The van der Waals surface area contributed by atoms with E-state index in [9.17, 15) is 18.0 Å². The van der Waals surface area contributed by atoms with Gasteiger partial charge in [-0.15, -0.1) is 0 Å². The molecule has 0 aliphatic carbocycles. The molecule has 1 amide bonds. The molecular formula is C19H11F3N2OS. The molecule has 1 aliphatic heterocycles. The Hall–Kier alpha value is -2.93. The zero-order valence-electron chi connectivity index (χ0n) is 13.2. The summed E-state index contributed by atoms with van der Waals surface area (Å²) in [4.78, 5) is 18.7. The first-order chi connectivity index (χ1) is 12.4. The van der Waals surface area contributed by atoms with Crippen LogP contribution >= 0.6 is 11.3 Å². The molecule has 130 valence electrons. The summed E-state index contributed by atoms with van der Waals surface area (Å²) in [6.07, 6.45) is -4.46. The van der Waals surface area contributed by atoms with Gasteiger partial charge in [0.05, 0.1) is 22.6 Å². The minimum atomic E-state index is -4.46. The van der Waals surface area contributed by atoms with E-state index < -0.39 is 11.7 Å². The van der Waals surface area contributed by atoms with Gasteiger partial charge in [-0.1, -0.05) is 24.3 Å². The SMILES string of the molecule is O=C1/C(=N\c2cccc(C(F)(F)F)c2)c2ccccc2N1c1ccsc1. The molecule has 0 saturated heterocycles. The summed E-state index contributed by atoms with van der Waals surface area (Å²) in [6.45, 7) is 0. The van der Waals surface area contributed by atoms with Crippen molar-refractivity contribution in [2.75, 3.05) is 4.90 Å². The topological polar surface area (TPSA) is 32.7 Å². The molecule has 0 unspecified atom stereocenters. The molecule has 3 aromatic rings. The van der Waals surface area contributed by atoms with E-state index >= 15 is 0 Å². The van der Waals surface area contributed by atoms with Gasteiger partial charge in [-0.25, -0.2) is 4.99 Å². The summed E-state index contributed by atoms with van der Waals surface area (Å²) in [5.41, 5.74) is 1.40. The highest BCUT2D eigenvalue weighted by molar-refractivity contribution is 7.08. The van der Waals surface area contributed by atoms with Crippen LogP contribution in [0.5, 0.6) is 0 Å². The van der Waals surface area contributed by atoms with Crippen LogP contribution in [0.2, 0.25) is 0 Å². The Bertz CT molecular complexity index is 1010. The number of alkyl halides is 3. The fraction of sp³-hybridized carbons (Fsp3) is 0.0526. The van der Waals surface area contributed by atoms with E-state index in [4.69, 9.17) is 0 Å². The maximum Gasteiger partial charge on any atom is 0.416 e. The van der Waals surface area contributed by atoms with Crippen LogP contribution in [0.4, 0.5) is 30.2 Å². The van der Waals surface area contributed by atoms with Crippen LogP contribution < -0.4 is 4.90 Å². The molecule has 0 fully saturated rings. The lowest BCUT2D eigenvalue weighted by atomic mass is 10.1. The van der Waals surface area contributed by atoms with Crippen molar-refractivity contribution in [2.24, 2.45) is 4.99 Å². The van der Waals surface area contributed by atoms with Crippen molar-refractivity contribution in [3.05, 3.63) is 76.5 Å². The molecular weight excluding hydrogens is 361 g/mol. The third-order valence-corrected chi connectivity index (χ3v) is 4.66. The standard InChI is InChI=1S/C19H11F3N2OS/c20-19(21,22)12-4-3-5-13(10-12)23-17-15-6-1-2-7-16(15)24(18(17)25)14-8-9-26-11-14/h1-11H/b23-17-. The van der Waals surface area contributed by atoms with Crippen LogP contribution in [0.3, 0.4) is 0 Å². The van der Waals surface area contributed by atoms with Crippen molar-refractivity contribution < 1.29 is 18.0 Å². The van der Waals surface area contributed by atoms with Gasteiger partial charge in [0.15, 0.2) is 0 Å². The molecule has 7 heteroatoms. The van der Waals surface area contributed by atoms with Crippen molar-refractivity contribution in [3.8, 4) is 0 Å². The fourth-order valence-electron chi connectivity index (χ4n) is 2.83. The zero-order chi connectivity index (χ0) is 18.3. The highest BCUT2D eigenvalue weighted by atomic mass is 32.1. The van der Waals surface area contributed by atoms with Crippen LogP contribution in [0.15, 0.2) is 70.3 Å². The molecule has 0 spiro atoms. The van der Waals surface area contributed by atoms with Crippen molar-refractivity contribution in [1.82, 2.24) is 0 Å². The van der Waals surface area contributed by atoms with Crippen molar-refractivity contribution in [2.45, 2.75) is 6.18 Å². The molecule has 0 bridgehead atoms. The van der Waals surface area contributed by atoms with Gasteiger partial charge in [-0.3, -0.25) is 9.69 Å². The third-order valence-electron chi connectivity index (χ3n) is 3.98. The van der Waals surface area contributed by atoms with Crippen LogP contribution in [0.1, 0.15) is 11.1 Å². The number of hydrogen-bond donors (Lipinski definition) is 0. The van der Waals surface area contributed by atoms with Crippen molar-refractivity contribution in [1.29, 1.82) is 0 Å². The monoisotopic (exact) mass is 372 g/mol. The molecule has 0 atom stereocenters. The summed E-state index contributed by atoms with van der Waals surface area (Å²) in [5, 5.41) is 3.69. The number of benzene rings is 2. The van der Waals surface area contributed by atoms with Crippen molar-refractivity contribution in [3.63, 3.8) is 0 Å². The maximum absolute atomic E-state index is 12.9. The lowest BCUT2D eigenvalue weighted by molar-refractivity contribution is -0.137. The first kappa shape index (κ1) is 16.5. The van der Waals surface area contributed by atoms with Crippen LogP contribution in [-0.2, 0) is 11.0 Å². The Balaban J connectivity index is 1.83. The Morgan fingerprint density at radius 1 is 1.00 bits per heavy atom. The molecule has 0 radical (unpaired) electrons. The molecule has 2 aromatic carbocycles. The van der Waals surface area contributed by atoms with E-state index in [0.29, 0.717) is 16.9 Å². The molecule has 1 aliphatic rings. The molecule has 26 heavy (non-hydrogen) atoms. The average molecular weight is 372 g/mol. The zero-order valence-corrected chi connectivity index (χ0v) is 14.0. The second-order valence-corrected chi connectivity index (χ2v) is 6.43. The van der Waals surface area contributed by atoms with E-state index in [1.165, 1.54) is 28.4 Å². The number of carbonyl (C=O) groups is 1. The Morgan fingerprint density at radius 2 is 1.81 bits per heavy atom. The van der Waals surface area contributed by atoms with E-state index in [0.717, 1.165) is 12.1 Å². The number of hydrogen-bond acceptors (Lipinski definition) is 3. The largest absolute Gasteiger partial charge is 0.416 e. The number of anilines is 2. The molecule has 2 heterocycles. The number of thiophene rings is 1. The lowest BCUT2D eigenvalue weighted by Crippen LogP contribution is -2.24. The van der Waals surface area contributed by atoms with Crippen LogP contribution in [-0.4, -0.2) is 11.6 Å². The second-order valence-electron chi connectivity index (χ2n) is 5.65. The van der Waals surface area contributed by atoms with E-state index in [-0.39, 0.29) is 17.3 Å².